The molecule has 1 aromatic carbocycles. The highest BCUT2D eigenvalue weighted by atomic mass is 16.5. The van der Waals surface area contributed by atoms with Gasteiger partial charge in [0.15, 0.2) is 0 Å². The Labute approximate surface area is 148 Å². The fraction of sp³-hybridized carbons (Fsp3) is 0.400. The van der Waals surface area contributed by atoms with Crippen LogP contribution in [0.5, 0.6) is 0 Å². The minimum absolute atomic E-state index is 0.0422. The predicted octanol–water partition coefficient (Wildman–Crippen LogP) is 2.20. The molecule has 5 nitrogen and oxygen atoms in total. The Kier molecular flexibility index (Phi) is 5.46. The summed E-state index contributed by atoms with van der Waals surface area (Å²) in [6.45, 7) is 4.72. The molecule has 132 valence electrons. The summed E-state index contributed by atoms with van der Waals surface area (Å²) in [6.07, 6.45) is -0.0768. The van der Waals surface area contributed by atoms with Crippen molar-refractivity contribution in [2.45, 2.75) is 32.4 Å². The van der Waals surface area contributed by atoms with E-state index in [9.17, 15) is 9.90 Å². The van der Waals surface area contributed by atoms with Gasteiger partial charge in [-0.05, 0) is 37.1 Å². The molecule has 1 aliphatic heterocycles. The first-order chi connectivity index (χ1) is 12.1. The first-order valence-electron chi connectivity index (χ1n) is 8.59. The lowest BCUT2D eigenvalue weighted by atomic mass is 9.97. The summed E-state index contributed by atoms with van der Waals surface area (Å²) in [6, 6.07) is 13.4. The van der Waals surface area contributed by atoms with Crippen LogP contribution in [0.1, 0.15) is 28.6 Å². The number of ether oxygens (including phenoxy) is 1. The van der Waals surface area contributed by atoms with E-state index >= 15 is 0 Å². The van der Waals surface area contributed by atoms with Crippen LogP contribution in [0, 0.1) is 13.8 Å². The fourth-order valence-corrected chi connectivity index (χ4v) is 3.51. The van der Waals surface area contributed by atoms with Crippen LogP contribution in [-0.4, -0.2) is 46.8 Å². The van der Waals surface area contributed by atoms with Crippen molar-refractivity contribution in [3.8, 4) is 0 Å². The molecule has 2 heterocycles. The van der Waals surface area contributed by atoms with Gasteiger partial charge in [-0.2, -0.15) is 0 Å². The smallest absolute Gasteiger partial charge is 0.227 e. The summed E-state index contributed by atoms with van der Waals surface area (Å²) in [5, 5.41) is 9.71. The average Bonchev–Trinajstić information content (AvgIpc) is 2.60. The third-order valence-electron chi connectivity index (χ3n) is 4.49. The molecule has 1 aromatic heterocycles. The quantitative estimate of drug-likeness (QED) is 0.927. The van der Waals surface area contributed by atoms with Crippen molar-refractivity contribution in [1.29, 1.82) is 0 Å². The maximum absolute atomic E-state index is 13.0. The number of benzene rings is 1. The number of aryl methyl sites for hydroxylation is 2. The summed E-state index contributed by atoms with van der Waals surface area (Å²) < 4.78 is 5.71. The Morgan fingerprint density at radius 1 is 1.24 bits per heavy atom. The summed E-state index contributed by atoms with van der Waals surface area (Å²) in [5.41, 5.74) is 3.78. The van der Waals surface area contributed by atoms with E-state index in [1.165, 1.54) is 0 Å². The minimum Gasteiger partial charge on any atom is -0.394 e. The van der Waals surface area contributed by atoms with Gasteiger partial charge in [0.1, 0.15) is 6.10 Å². The topological polar surface area (TPSA) is 62.7 Å². The monoisotopic (exact) mass is 340 g/mol. The Balaban J connectivity index is 1.85. The standard InChI is InChI=1S/C20H24N2O3/c1-14-10-16(11-15(2)21-14)12-19(24)22-8-9-25-18(13-23)20(22)17-6-4-3-5-7-17/h3-7,10-11,18,20,23H,8-9,12-13H2,1-2H3/t18-,20-/m0/s1. The molecule has 0 aliphatic carbocycles. The molecule has 2 aromatic rings. The van der Waals surface area contributed by atoms with E-state index in [1.807, 2.05) is 61.2 Å². The number of hydrogen-bond donors (Lipinski definition) is 1. The Morgan fingerprint density at radius 3 is 2.56 bits per heavy atom. The van der Waals surface area contributed by atoms with Crippen LogP contribution in [0.15, 0.2) is 42.5 Å². The number of morpholine rings is 1. The molecule has 0 spiro atoms. The van der Waals surface area contributed by atoms with E-state index in [0.29, 0.717) is 19.6 Å². The van der Waals surface area contributed by atoms with Gasteiger partial charge in [0.2, 0.25) is 5.91 Å². The van der Waals surface area contributed by atoms with Gasteiger partial charge in [0.05, 0.1) is 25.7 Å². The highest BCUT2D eigenvalue weighted by Gasteiger charge is 2.35. The SMILES string of the molecule is Cc1cc(CC(=O)N2CCO[C@@H](CO)[C@@H]2c2ccccc2)cc(C)n1. The van der Waals surface area contributed by atoms with E-state index in [2.05, 4.69) is 4.98 Å². The first kappa shape index (κ1) is 17.6. The van der Waals surface area contributed by atoms with Crippen molar-refractivity contribution >= 4 is 5.91 Å². The molecule has 0 unspecified atom stereocenters. The van der Waals surface area contributed by atoms with Crippen molar-refractivity contribution in [1.82, 2.24) is 9.88 Å². The number of pyridine rings is 1. The molecule has 0 bridgehead atoms. The summed E-state index contributed by atoms with van der Waals surface area (Å²) in [7, 11) is 0. The van der Waals surface area contributed by atoms with Crippen molar-refractivity contribution in [2.75, 3.05) is 19.8 Å². The third kappa shape index (κ3) is 4.06. The molecule has 1 fully saturated rings. The number of carbonyl (C=O) groups excluding carboxylic acids is 1. The second kappa shape index (κ2) is 7.76. The molecule has 1 amide bonds. The normalized spacial score (nSPS) is 20.5. The van der Waals surface area contributed by atoms with Crippen molar-refractivity contribution in [3.05, 3.63) is 65.0 Å². The maximum atomic E-state index is 13.0. The van der Waals surface area contributed by atoms with Gasteiger partial charge in [0.25, 0.3) is 0 Å². The molecule has 2 atom stereocenters. The number of aliphatic hydroxyl groups is 1. The second-order valence-corrected chi connectivity index (χ2v) is 6.47. The van der Waals surface area contributed by atoms with Gasteiger partial charge in [-0.25, -0.2) is 0 Å². The summed E-state index contributed by atoms with van der Waals surface area (Å²) in [5.74, 6) is 0.0422. The van der Waals surface area contributed by atoms with Crippen LogP contribution in [0.25, 0.3) is 0 Å². The first-order valence-corrected chi connectivity index (χ1v) is 8.59. The Hall–Kier alpha value is -2.24. The molecule has 25 heavy (non-hydrogen) atoms. The Morgan fingerprint density at radius 2 is 1.92 bits per heavy atom. The maximum Gasteiger partial charge on any atom is 0.227 e. The number of nitrogens with zero attached hydrogens (tertiary/aromatic N) is 2. The zero-order chi connectivity index (χ0) is 17.8. The van der Waals surface area contributed by atoms with Crippen molar-refractivity contribution < 1.29 is 14.6 Å². The largest absolute Gasteiger partial charge is 0.394 e. The van der Waals surface area contributed by atoms with Crippen LogP contribution in [0.4, 0.5) is 0 Å². The van der Waals surface area contributed by atoms with Gasteiger partial charge >= 0.3 is 0 Å². The average molecular weight is 340 g/mol. The van der Waals surface area contributed by atoms with Gasteiger partial charge in [-0.15, -0.1) is 0 Å². The number of aromatic nitrogens is 1. The Bertz CT molecular complexity index is 713. The van der Waals surface area contributed by atoms with Crippen LogP contribution < -0.4 is 0 Å². The number of rotatable bonds is 4. The lowest BCUT2D eigenvalue weighted by Gasteiger charge is -2.41. The molecule has 1 N–H and O–H groups in total. The molecule has 1 aliphatic rings. The highest BCUT2D eigenvalue weighted by Crippen LogP contribution is 2.30. The van der Waals surface area contributed by atoms with E-state index < -0.39 is 6.10 Å². The lowest BCUT2D eigenvalue weighted by molar-refractivity contribution is -0.149. The lowest BCUT2D eigenvalue weighted by Crippen LogP contribution is -2.49. The van der Waals surface area contributed by atoms with Gasteiger partial charge in [0, 0.05) is 17.9 Å². The van der Waals surface area contributed by atoms with E-state index in [0.717, 1.165) is 22.5 Å². The van der Waals surface area contributed by atoms with E-state index in [-0.39, 0.29) is 18.6 Å². The molecule has 0 radical (unpaired) electrons. The third-order valence-corrected chi connectivity index (χ3v) is 4.49. The molecule has 1 saturated heterocycles. The number of hydrogen-bond acceptors (Lipinski definition) is 4. The number of aliphatic hydroxyl groups excluding tert-OH is 1. The number of amides is 1. The molecular formula is C20H24N2O3. The predicted molar refractivity (Wildman–Crippen MR) is 95.1 cm³/mol. The van der Waals surface area contributed by atoms with Crippen LogP contribution in [0.3, 0.4) is 0 Å². The van der Waals surface area contributed by atoms with Gasteiger partial charge in [-0.3, -0.25) is 9.78 Å². The molecule has 5 heteroatoms. The summed E-state index contributed by atoms with van der Waals surface area (Å²) in [4.78, 5) is 19.2. The zero-order valence-electron chi connectivity index (χ0n) is 14.7. The number of carbonyl (C=O) groups is 1. The van der Waals surface area contributed by atoms with Gasteiger partial charge in [-0.1, -0.05) is 30.3 Å². The fourth-order valence-electron chi connectivity index (χ4n) is 3.51. The molecular weight excluding hydrogens is 316 g/mol. The highest BCUT2D eigenvalue weighted by molar-refractivity contribution is 5.79. The van der Waals surface area contributed by atoms with Crippen molar-refractivity contribution in [3.63, 3.8) is 0 Å². The summed E-state index contributed by atoms with van der Waals surface area (Å²) >= 11 is 0. The van der Waals surface area contributed by atoms with Crippen LogP contribution in [0.2, 0.25) is 0 Å². The van der Waals surface area contributed by atoms with E-state index in [4.69, 9.17) is 4.74 Å². The molecule has 3 rings (SSSR count). The van der Waals surface area contributed by atoms with Crippen LogP contribution >= 0.6 is 0 Å². The van der Waals surface area contributed by atoms with Gasteiger partial charge < -0.3 is 14.7 Å². The zero-order valence-corrected chi connectivity index (χ0v) is 14.7. The second-order valence-electron chi connectivity index (χ2n) is 6.47. The molecule has 0 saturated carbocycles. The van der Waals surface area contributed by atoms with E-state index in [1.54, 1.807) is 0 Å². The minimum atomic E-state index is -0.402. The van der Waals surface area contributed by atoms with Crippen molar-refractivity contribution in [2.24, 2.45) is 0 Å². The van der Waals surface area contributed by atoms with Crippen LogP contribution in [-0.2, 0) is 16.0 Å².